The average Bonchev–Trinajstić information content (AvgIpc) is 2.81. The van der Waals surface area contributed by atoms with Gasteiger partial charge in [0.05, 0.1) is 0 Å². The molecule has 0 amide bonds. The third kappa shape index (κ3) is 2.54. The van der Waals surface area contributed by atoms with Crippen LogP contribution in [0.25, 0.3) is 22.4 Å². The Balaban J connectivity index is 2.10. The van der Waals surface area contributed by atoms with Crippen LogP contribution in [-0.4, -0.2) is 9.97 Å². The SMILES string of the molecule is CCCc1nc(Cl)cc(-c2cc3cc(C)ccc3o2)n1. The molecule has 0 atom stereocenters. The van der Waals surface area contributed by atoms with Crippen molar-refractivity contribution in [3.05, 3.63) is 46.9 Å². The lowest BCUT2D eigenvalue weighted by atomic mass is 10.2. The fourth-order valence-corrected chi connectivity index (χ4v) is 2.42. The highest BCUT2D eigenvalue weighted by Gasteiger charge is 2.10. The summed E-state index contributed by atoms with van der Waals surface area (Å²) in [5.74, 6) is 1.49. The molecule has 2 aromatic heterocycles. The highest BCUT2D eigenvalue weighted by molar-refractivity contribution is 6.29. The van der Waals surface area contributed by atoms with Crippen LogP contribution >= 0.6 is 11.6 Å². The first kappa shape index (κ1) is 13.1. The van der Waals surface area contributed by atoms with E-state index in [4.69, 9.17) is 16.0 Å². The predicted molar refractivity (Wildman–Crippen MR) is 81.0 cm³/mol. The molecule has 0 aliphatic heterocycles. The fraction of sp³-hybridized carbons (Fsp3) is 0.250. The van der Waals surface area contributed by atoms with E-state index >= 15 is 0 Å². The topological polar surface area (TPSA) is 38.9 Å². The van der Waals surface area contributed by atoms with Gasteiger partial charge in [-0.3, -0.25) is 0 Å². The lowest BCUT2D eigenvalue weighted by molar-refractivity contribution is 0.627. The molecule has 0 bridgehead atoms. The first-order valence-corrected chi connectivity index (χ1v) is 7.07. The van der Waals surface area contributed by atoms with Gasteiger partial charge >= 0.3 is 0 Å². The highest BCUT2D eigenvalue weighted by Crippen LogP contribution is 2.28. The van der Waals surface area contributed by atoms with Crippen molar-refractivity contribution >= 4 is 22.6 Å². The Kier molecular flexibility index (Phi) is 3.45. The number of furan rings is 1. The number of aryl methyl sites for hydroxylation is 2. The first-order valence-electron chi connectivity index (χ1n) is 6.70. The fourth-order valence-electron chi connectivity index (χ4n) is 2.22. The Morgan fingerprint density at radius 1 is 1.15 bits per heavy atom. The molecule has 20 heavy (non-hydrogen) atoms. The molecule has 0 radical (unpaired) electrons. The van der Waals surface area contributed by atoms with E-state index in [0.717, 1.165) is 41.1 Å². The largest absolute Gasteiger partial charge is 0.454 e. The zero-order chi connectivity index (χ0) is 14.1. The minimum atomic E-state index is 0.454. The lowest BCUT2D eigenvalue weighted by Crippen LogP contribution is -1.96. The van der Waals surface area contributed by atoms with Crippen LogP contribution in [0.2, 0.25) is 5.15 Å². The molecule has 3 aromatic rings. The van der Waals surface area contributed by atoms with E-state index in [1.54, 1.807) is 6.07 Å². The molecule has 2 heterocycles. The zero-order valence-electron chi connectivity index (χ0n) is 11.5. The summed E-state index contributed by atoms with van der Waals surface area (Å²) in [7, 11) is 0. The van der Waals surface area contributed by atoms with Gasteiger partial charge in [0.15, 0.2) is 5.76 Å². The van der Waals surface area contributed by atoms with Gasteiger partial charge < -0.3 is 4.42 Å². The van der Waals surface area contributed by atoms with Gasteiger partial charge in [-0.05, 0) is 31.5 Å². The van der Waals surface area contributed by atoms with Crippen molar-refractivity contribution in [3.63, 3.8) is 0 Å². The van der Waals surface area contributed by atoms with Gasteiger partial charge in [-0.15, -0.1) is 0 Å². The first-order chi connectivity index (χ1) is 9.65. The minimum Gasteiger partial charge on any atom is -0.454 e. The van der Waals surface area contributed by atoms with E-state index in [1.165, 1.54) is 5.56 Å². The second-order valence-corrected chi connectivity index (χ2v) is 5.28. The number of rotatable bonds is 3. The Labute approximate surface area is 122 Å². The number of halogens is 1. The Morgan fingerprint density at radius 2 is 2.00 bits per heavy atom. The maximum atomic E-state index is 6.07. The molecule has 3 rings (SSSR count). The van der Waals surface area contributed by atoms with Crippen molar-refractivity contribution < 1.29 is 4.42 Å². The predicted octanol–water partition coefficient (Wildman–Crippen LogP) is 4.80. The van der Waals surface area contributed by atoms with Crippen molar-refractivity contribution in [2.75, 3.05) is 0 Å². The van der Waals surface area contributed by atoms with E-state index in [-0.39, 0.29) is 0 Å². The molecule has 0 unspecified atom stereocenters. The minimum absolute atomic E-state index is 0.454. The van der Waals surface area contributed by atoms with Crippen molar-refractivity contribution in [1.29, 1.82) is 0 Å². The van der Waals surface area contributed by atoms with E-state index in [1.807, 2.05) is 18.2 Å². The van der Waals surface area contributed by atoms with Gasteiger partial charge in [-0.2, -0.15) is 0 Å². The van der Waals surface area contributed by atoms with Crippen LogP contribution in [0.5, 0.6) is 0 Å². The summed E-state index contributed by atoms with van der Waals surface area (Å²) in [6, 6.07) is 9.84. The quantitative estimate of drug-likeness (QED) is 0.649. The van der Waals surface area contributed by atoms with Crippen LogP contribution in [0.1, 0.15) is 24.7 Å². The summed E-state index contributed by atoms with van der Waals surface area (Å²) in [4.78, 5) is 8.75. The van der Waals surface area contributed by atoms with Gasteiger partial charge in [-0.25, -0.2) is 9.97 Å². The summed E-state index contributed by atoms with van der Waals surface area (Å²) in [5, 5.41) is 1.53. The van der Waals surface area contributed by atoms with Crippen LogP contribution in [0.15, 0.2) is 34.7 Å². The molecule has 0 saturated heterocycles. The van der Waals surface area contributed by atoms with Gasteiger partial charge in [0.1, 0.15) is 22.3 Å². The molecule has 3 nitrogen and oxygen atoms in total. The number of hydrogen-bond acceptors (Lipinski definition) is 3. The molecular formula is C16H15ClN2O. The molecule has 0 spiro atoms. The van der Waals surface area contributed by atoms with Crippen molar-refractivity contribution in [1.82, 2.24) is 9.97 Å². The van der Waals surface area contributed by atoms with Gasteiger partial charge in [-0.1, -0.05) is 30.2 Å². The molecule has 4 heteroatoms. The van der Waals surface area contributed by atoms with Gasteiger partial charge in [0.2, 0.25) is 0 Å². The average molecular weight is 287 g/mol. The standard InChI is InChI=1S/C16H15ClN2O/c1-3-4-16-18-12(9-15(17)19-16)14-8-11-7-10(2)5-6-13(11)20-14/h5-9H,3-4H2,1-2H3. The monoisotopic (exact) mass is 286 g/mol. The maximum absolute atomic E-state index is 6.07. The summed E-state index contributed by atoms with van der Waals surface area (Å²) >= 11 is 6.07. The van der Waals surface area contributed by atoms with Gasteiger partial charge in [0.25, 0.3) is 0 Å². The normalized spacial score (nSPS) is 11.2. The summed E-state index contributed by atoms with van der Waals surface area (Å²) in [6.45, 7) is 4.15. The third-order valence-electron chi connectivity index (χ3n) is 3.14. The van der Waals surface area contributed by atoms with E-state index in [2.05, 4.69) is 29.9 Å². The van der Waals surface area contributed by atoms with E-state index in [0.29, 0.717) is 5.15 Å². The third-order valence-corrected chi connectivity index (χ3v) is 3.33. The van der Waals surface area contributed by atoms with Crippen LogP contribution in [0.3, 0.4) is 0 Å². The number of nitrogens with zero attached hydrogens (tertiary/aromatic N) is 2. The Bertz CT molecular complexity index is 764. The smallest absolute Gasteiger partial charge is 0.153 e. The van der Waals surface area contributed by atoms with Crippen LogP contribution < -0.4 is 0 Å². The number of hydrogen-bond donors (Lipinski definition) is 0. The molecule has 1 aromatic carbocycles. The number of benzene rings is 1. The number of aromatic nitrogens is 2. The maximum Gasteiger partial charge on any atom is 0.153 e. The summed E-state index contributed by atoms with van der Waals surface area (Å²) in [6.07, 6.45) is 1.80. The van der Waals surface area contributed by atoms with Crippen molar-refractivity contribution in [3.8, 4) is 11.5 Å². The molecule has 0 fully saturated rings. The Hall–Kier alpha value is -1.87. The molecule has 0 N–H and O–H groups in total. The van der Waals surface area contributed by atoms with Crippen LogP contribution in [0, 0.1) is 6.92 Å². The van der Waals surface area contributed by atoms with Crippen molar-refractivity contribution in [2.24, 2.45) is 0 Å². The lowest BCUT2D eigenvalue weighted by Gasteiger charge is -2.01. The molecule has 0 saturated carbocycles. The number of fused-ring (bicyclic) bond motifs is 1. The second kappa shape index (κ2) is 5.25. The molecule has 0 aliphatic rings. The van der Waals surface area contributed by atoms with Crippen LogP contribution in [0.4, 0.5) is 0 Å². The van der Waals surface area contributed by atoms with Crippen molar-refractivity contribution in [2.45, 2.75) is 26.7 Å². The van der Waals surface area contributed by atoms with Gasteiger partial charge in [0, 0.05) is 17.9 Å². The Morgan fingerprint density at radius 3 is 2.80 bits per heavy atom. The summed E-state index contributed by atoms with van der Waals surface area (Å²) in [5.41, 5.74) is 2.80. The molecule has 0 aliphatic carbocycles. The summed E-state index contributed by atoms with van der Waals surface area (Å²) < 4.78 is 5.85. The van der Waals surface area contributed by atoms with E-state index < -0.39 is 0 Å². The van der Waals surface area contributed by atoms with Crippen LogP contribution in [-0.2, 0) is 6.42 Å². The molecule has 102 valence electrons. The van der Waals surface area contributed by atoms with E-state index in [9.17, 15) is 0 Å². The zero-order valence-corrected chi connectivity index (χ0v) is 12.2. The second-order valence-electron chi connectivity index (χ2n) is 4.89. The molecular weight excluding hydrogens is 272 g/mol. The highest BCUT2D eigenvalue weighted by atomic mass is 35.5.